The average molecular weight is 210 g/mol. The Morgan fingerprint density at radius 1 is 1.60 bits per heavy atom. The summed E-state index contributed by atoms with van der Waals surface area (Å²) < 4.78 is 12.7. The fourth-order valence-electron chi connectivity index (χ4n) is 1.29. The number of carbonyl (C=O) groups excluding carboxylic acids is 1. The van der Waals surface area contributed by atoms with Gasteiger partial charge in [-0.3, -0.25) is 4.79 Å². The number of hydrogen-bond acceptors (Lipinski definition) is 2. The van der Waals surface area contributed by atoms with E-state index in [2.05, 4.69) is 10.3 Å². The predicted molar refractivity (Wildman–Crippen MR) is 56.9 cm³/mol. The first-order valence-electron chi connectivity index (χ1n) is 5.07. The Labute approximate surface area is 88.7 Å². The zero-order valence-corrected chi connectivity index (χ0v) is 8.96. The van der Waals surface area contributed by atoms with Crippen LogP contribution < -0.4 is 5.32 Å². The molecule has 82 valence electrons. The molecule has 0 aliphatic heterocycles. The van der Waals surface area contributed by atoms with Gasteiger partial charge in [0.15, 0.2) is 0 Å². The minimum atomic E-state index is -0.587. The van der Waals surface area contributed by atoms with Crippen molar-refractivity contribution >= 4 is 11.7 Å². The van der Waals surface area contributed by atoms with E-state index in [0.29, 0.717) is 0 Å². The lowest BCUT2D eigenvalue weighted by Crippen LogP contribution is -2.20. The number of carbonyl (C=O) groups is 1. The summed E-state index contributed by atoms with van der Waals surface area (Å²) in [6.07, 6.45) is 1.77. The number of aromatic nitrogens is 1. The number of pyridine rings is 1. The summed E-state index contributed by atoms with van der Waals surface area (Å²) in [5.41, 5.74) is 0. The molecule has 1 aromatic heterocycles. The van der Waals surface area contributed by atoms with Crippen molar-refractivity contribution in [2.75, 3.05) is 5.32 Å². The average Bonchev–Trinajstić information content (AvgIpc) is 2.18. The van der Waals surface area contributed by atoms with Crippen molar-refractivity contribution in [3.8, 4) is 0 Å². The molecule has 1 rings (SSSR count). The van der Waals surface area contributed by atoms with Crippen LogP contribution in [0.2, 0.25) is 0 Å². The molecule has 0 saturated heterocycles. The van der Waals surface area contributed by atoms with Gasteiger partial charge in [-0.25, -0.2) is 4.98 Å². The molecule has 0 fully saturated rings. The van der Waals surface area contributed by atoms with Gasteiger partial charge in [0.05, 0.1) is 0 Å². The predicted octanol–water partition coefficient (Wildman–Crippen LogP) is 2.60. The van der Waals surface area contributed by atoms with Crippen molar-refractivity contribution in [3.63, 3.8) is 0 Å². The number of hydrogen-bond donors (Lipinski definition) is 1. The highest BCUT2D eigenvalue weighted by Crippen LogP contribution is 2.09. The van der Waals surface area contributed by atoms with Crippen molar-refractivity contribution in [2.24, 2.45) is 5.92 Å². The van der Waals surface area contributed by atoms with Crippen LogP contribution in [0.15, 0.2) is 18.2 Å². The molecule has 0 saturated carbocycles. The Balaban J connectivity index is 2.58. The third-order valence-corrected chi connectivity index (χ3v) is 2.14. The van der Waals surface area contributed by atoms with Crippen molar-refractivity contribution in [2.45, 2.75) is 26.7 Å². The number of anilines is 1. The van der Waals surface area contributed by atoms with E-state index in [-0.39, 0.29) is 17.6 Å². The Morgan fingerprint density at radius 3 is 2.93 bits per heavy atom. The summed E-state index contributed by atoms with van der Waals surface area (Å²) in [5.74, 6) is -0.506. The first-order chi connectivity index (χ1) is 7.13. The van der Waals surface area contributed by atoms with Crippen LogP contribution in [0.1, 0.15) is 26.7 Å². The molecule has 0 aliphatic carbocycles. The van der Waals surface area contributed by atoms with Gasteiger partial charge in [0.1, 0.15) is 5.82 Å². The molecule has 0 bridgehead atoms. The van der Waals surface area contributed by atoms with Gasteiger partial charge in [-0.1, -0.05) is 26.3 Å². The van der Waals surface area contributed by atoms with Gasteiger partial charge in [-0.05, 0) is 18.6 Å². The highest BCUT2D eigenvalue weighted by atomic mass is 19.1. The van der Waals surface area contributed by atoms with Crippen LogP contribution in [-0.4, -0.2) is 10.9 Å². The second kappa shape index (κ2) is 5.44. The number of halogens is 1. The van der Waals surface area contributed by atoms with E-state index in [1.165, 1.54) is 12.1 Å². The second-order valence-electron chi connectivity index (χ2n) is 3.52. The highest BCUT2D eigenvalue weighted by molar-refractivity contribution is 5.91. The van der Waals surface area contributed by atoms with Gasteiger partial charge in [0, 0.05) is 5.92 Å². The van der Waals surface area contributed by atoms with Crippen molar-refractivity contribution in [3.05, 3.63) is 24.1 Å². The molecule has 0 aromatic carbocycles. The van der Waals surface area contributed by atoms with Crippen molar-refractivity contribution in [1.29, 1.82) is 0 Å². The number of amides is 1. The maximum atomic E-state index is 12.7. The number of rotatable bonds is 4. The molecule has 1 aromatic rings. The standard InChI is InChI=1S/C11H15FN2O/c1-3-5-8(2)11(15)14-10-7-4-6-9(12)13-10/h4,6-8H,3,5H2,1-2H3,(H,13,14,15). The molecule has 15 heavy (non-hydrogen) atoms. The quantitative estimate of drug-likeness (QED) is 0.776. The Bertz CT molecular complexity index is 341. The molecule has 1 amide bonds. The van der Waals surface area contributed by atoms with E-state index < -0.39 is 5.95 Å². The van der Waals surface area contributed by atoms with Gasteiger partial charge in [-0.15, -0.1) is 0 Å². The Kier molecular flexibility index (Phi) is 4.21. The lowest BCUT2D eigenvalue weighted by Gasteiger charge is -2.10. The van der Waals surface area contributed by atoms with Gasteiger partial charge in [-0.2, -0.15) is 4.39 Å². The summed E-state index contributed by atoms with van der Waals surface area (Å²) in [4.78, 5) is 15.1. The van der Waals surface area contributed by atoms with Crippen LogP contribution in [0, 0.1) is 11.9 Å². The largest absolute Gasteiger partial charge is 0.310 e. The van der Waals surface area contributed by atoms with Crippen molar-refractivity contribution in [1.82, 2.24) is 4.98 Å². The van der Waals surface area contributed by atoms with Gasteiger partial charge < -0.3 is 5.32 Å². The summed E-state index contributed by atoms with van der Waals surface area (Å²) in [6, 6.07) is 4.33. The molecule has 0 radical (unpaired) electrons. The second-order valence-corrected chi connectivity index (χ2v) is 3.52. The van der Waals surface area contributed by atoms with E-state index >= 15 is 0 Å². The van der Waals surface area contributed by atoms with E-state index in [4.69, 9.17) is 0 Å². The van der Waals surface area contributed by atoms with E-state index in [1.54, 1.807) is 6.07 Å². The summed E-state index contributed by atoms with van der Waals surface area (Å²) in [7, 11) is 0. The smallest absolute Gasteiger partial charge is 0.228 e. The first kappa shape index (κ1) is 11.6. The van der Waals surface area contributed by atoms with Gasteiger partial charge in [0.2, 0.25) is 11.9 Å². The van der Waals surface area contributed by atoms with Gasteiger partial charge >= 0.3 is 0 Å². The first-order valence-corrected chi connectivity index (χ1v) is 5.07. The third-order valence-electron chi connectivity index (χ3n) is 2.14. The highest BCUT2D eigenvalue weighted by Gasteiger charge is 2.12. The minimum Gasteiger partial charge on any atom is -0.310 e. The maximum Gasteiger partial charge on any atom is 0.228 e. The fraction of sp³-hybridized carbons (Fsp3) is 0.455. The van der Waals surface area contributed by atoms with Crippen LogP contribution in [-0.2, 0) is 4.79 Å². The molecular formula is C11H15FN2O. The van der Waals surface area contributed by atoms with Crippen LogP contribution in [0.3, 0.4) is 0 Å². The number of nitrogens with zero attached hydrogens (tertiary/aromatic N) is 1. The van der Waals surface area contributed by atoms with Crippen LogP contribution in [0.4, 0.5) is 10.2 Å². The topological polar surface area (TPSA) is 42.0 Å². The van der Waals surface area contributed by atoms with Crippen LogP contribution in [0.5, 0.6) is 0 Å². The van der Waals surface area contributed by atoms with Crippen LogP contribution >= 0.6 is 0 Å². The minimum absolute atomic E-state index is 0.0694. The molecule has 4 heteroatoms. The fourth-order valence-corrected chi connectivity index (χ4v) is 1.29. The van der Waals surface area contributed by atoms with Gasteiger partial charge in [0.25, 0.3) is 0 Å². The molecule has 3 nitrogen and oxygen atoms in total. The molecule has 1 N–H and O–H groups in total. The lowest BCUT2D eigenvalue weighted by molar-refractivity contribution is -0.119. The number of nitrogens with one attached hydrogen (secondary N) is 1. The monoisotopic (exact) mass is 210 g/mol. The Morgan fingerprint density at radius 2 is 2.33 bits per heavy atom. The van der Waals surface area contributed by atoms with Crippen LogP contribution in [0.25, 0.3) is 0 Å². The van der Waals surface area contributed by atoms with E-state index in [0.717, 1.165) is 12.8 Å². The zero-order valence-electron chi connectivity index (χ0n) is 8.96. The third kappa shape index (κ3) is 3.65. The van der Waals surface area contributed by atoms with E-state index in [9.17, 15) is 9.18 Å². The Hall–Kier alpha value is -1.45. The maximum absolute atomic E-state index is 12.7. The molecule has 1 heterocycles. The summed E-state index contributed by atoms with van der Waals surface area (Å²) in [5, 5.41) is 2.58. The molecule has 1 atom stereocenters. The molecule has 1 unspecified atom stereocenters. The normalized spacial score (nSPS) is 12.2. The van der Waals surface area contributed by atoms with Crippen molar-refractivity contribution < 1.29 is 9.18 Å². The molecule has 0 spiro atoms. The lowest BCUT2D eigenvalue weighted by atomic mass is 10.1. The zero-order chi connectivity index (χ0) is 11.3. The summed E-state index contributed by atoms with van der Waals surface area (Å²) in [6.45, 7) is 3.86. The SMILES string of the molecule is CCCC(C)C(=O)Nc1cccc(F)n1. The molecular weight excluding hydrogens is 195 g/mol. The summed E-state index contributed by atoms with van der Waals surface area (Å²) >= 11 is 0. The molecule has 0 aliphatic rings. The van der Waals surface area contributed by atoms with E-state index in [1.807, 2.05) is 13.8 Å².